The smallest absolute Gasteiger partial charge is 0.407 e. The second kappa shape index (κ2) is 6.06. The Labute approximate surface area is 75.1 Å². The summed E-state index contributed by atoms with van der Waals surface area (Å²) in [6.07, 6.45) is -2.27. The van der Waals surface area contributed by atoms with Crippen molar-refractivity contribution in [1.29, 1.82) is 0 Å². The Morgan fingerprint density at radius 2 is 1.92 bits per heavy atom. The molecule has 0 aromatic rings. The van der Waals surface area contributed by atoms with Gasteiger partial charge in [0, 0.05) is 26.2 Å². The van der Waals surface area contributed by atoms with Gasteiger partial charge < -0.3 is 26.2 Å². The van der Waals surface area contributed by atoms with Gasteiger partial charge in [-0.2, -0.15) is 0 Å². The normalized spacial score (nSPS) is 9.31. The minimum absolute atomic E-state index is 0.0711. The number of carboxylic acid groups (broad SMARTS) is 2. The lowest BCUT2D eigenvalue weighted by Gasteiger charge is -2.17. The number of hydrogen-bond donors (Lipinski definition) is 4. The van der Waals surface area contributed by atoms with Crippen molar-refractivity contribution in [2.24, 2.45) is 5.73 Å². The van der Waals surface area contributed by atoms with Gasteiger partial charge in [-0.25, -0.2) is 9.59 Å². The predicted octanol–water partition coefficient (Wildman–Crippen LogP) is -0.807. The number of nitrogens with zero attached hydrogens (tertiary/aromatic N) is 1. The molecule has 0 atom stereocenters. The molecule has 0 unspecified atom stereocenters. The Balaban J connectivity index is 3.69. The van der Waals surface area contributed by atoms with Gasteiger partial charge >= 0.3 is 12.2 Å². The highest BCUT2D eigenvalue weighted by Gasteiger charge is 2.09. The number of amides is 2. The first-order chi connectivity index (χ1) is 6.07. The number of nitrogens with one attached hydrogen (secondary N) is 1. The first kappa shape index (κ1) is 11.5. The Hall–Kier alpha value is -1.50. The summed E-state index contributed by atoms with van der Waals surface area (Å²) < 4.78 is 0. The van der Waals surface area contributed by atoms with Crippen molar-refractivity contribution < 1.29 is 19.8 Å². The Morgan fingerprint density at radius 3 is 2.31 bits per heavy atom. The van der Waals surface area contributed by atoms with Crippen molar-refractivity contribution >= 4 is 12.2 Å². The number of nitrogens with two attached hydrogens (primary N) is 1. The van der Waals surface area contributed by atoms with Crippen LogP contribution in [0.2, 0.25) is 0 Å². The monoisotopic (exact) mass is 191 g/mol. The van der Waals surface area contributed by atoms with E-state index < -0.39 is 12.2 Å². The molecule has 0 rings (SSSR count). The summed E-state index contributed by atoms with van der Waals surface area (Å²) in [7, 11) is 0. The van der Waals surface area contributed by atoms with Gasteiger partial charge in [0.25, 0.3) is 0 Å². The van der Waals surface area contributed by atoms with E-state index in [9.17, 15) is 9.59 Å². The Bertz CT molecular complexity index is 185. The maximum Gasteiger partial charge on any atom is 0.407 e. The molecule has 76 valence electrons. The molecule has 0 saturated carbocycles. The average molecular weight is 191 g/mol. The lowest BCUT2D eigenvalue weighted by atomic mass is 10.5. The van der Waals surface area contributed by atoms with Crippen molar-refractivity contribution in [2.75, 3.05) is 26.2 Å². The van der Waals surface area contributed by atoms with Gasteiger partial charge in [-0.15, -0.1) is 0 Å². The largest absolute Gasteiger partial charge is 0.465 e. The molecule has 0 aromatic carbocycles. The zero-order valence-electron chi connectivity index (χ0n) is 7.06. The molecule has 0 aromatic heterocycles. The van der Waals surface area contributed by atoms with Crippen LogP contribution < -0.4 is 11.1 Å². The summed E-state index contributed by atoms with van der Waals surface area (Å²) in [5.41, 5.74) is 5.16. The number of rotatable bonds is 5. The van der Waals surface area contributed by atoms with E-state index in [1.54, 1.807) is 0 Å². The van der Waals surface area contributed by atoms with E-state index in [2.05, 4.69) is 5.32 Å². The van der Waals surface area contributed by atoms with Crippen LogP contribution in [0.25, 0.3) is 0 Å². The number of carbonyl (C=O) groups is 2. The second-order valence-corrected chi connectivity index (χ2v) is 2.29. The van der Waals surface area contributed by atoms with Crippen LogP contribution in [0.5, 0.6) is 0 Å². The molecule has 0 fully saturated rings. The van der Waals surface area contributed by atoms with Gasteiger partial charge in [-0.05, 0) is 0 Å². The molecule has 0 aliphatic heterocycles. The van der Waals surface area contributed by atoms with E-state index in [-0.39, 0.29) is 26.2 Å². The Morgan fingerprint density at radius 1 is 1.31 bits per heavy atom. The molecule has 0 bridgehead atoms. The highest BCUT2D eigenvalue weighted by molar-refractivity contribution is 5.66. The molecule has 7 nitrogen and oxygen atoms in total. The fourth-order valence-electron chi connectivity index (χ4n) is 0.757. The lowest BCUT2D eigenvalue weighted by Crippen LogP contribution is -2.40. The molecule has 7 heteroatoms. The standard InChI is InChI=1S/C6H13N3O4/c7-1-3-9(6(12)13)4-2-8-5(10)11/h8H,1-4,7H2,(H,10,11)(H,12,13). The van der Waals surface area contributed by atoms with Gasteiger partial charge in [0.05, 0.1) is 0 Å². The summed E-state index contributed by atoms with van der Waals surface area (Å²) >= 11 is 0. The van der Waals surface area contributed by atoms with Crippen molar-refractivity contribution in [2.45, 2.75) is 0 Å². The van der Waals surface area contributed by atoms with Crippen LogP contribution in [-0.4, -0.2) is 53.5 Å². The van der Waals surface area contributed by atoms with Gasteiger partial charge in [0.2, 0.25) is 0 Å². The van der Waals surface area contributed by atoms with Crippen LogP contribution in [-0.2, 0) is 0 Å². The van der Waals surface area contributed by atoms with Crippen LogP contribution in [0.4, 0.5) is 9.59 Å². The van der Waals surface area contributed by atoms with E-state index in [4.69, 9.17) is 15.9 Å². The average Bonchev–Trinajstić information content (AvgIpc) is 2.02. The third kappa shape index (κ3) is 5.74. The quantitative estimate of drug-likeness (QED) is 0.453. The maximum absolute atomic E-state index is 10.5. The van der Waals surface area contributed by atoms with Crippen LogP contribution in [0, 0.1) is 0 Å². The molecule has 13 heavy (non-hydrogen) atoms. The number of hydrogen-bond acceptors (Lipinski definition) is 3. The molecule has 0 saturated heterocycles. The molecule has 2 amide bonds. The van der Waals surface area contributed by atoms with Crippen LogP contribution in [0.15, 0.2) is 0 Å². The van der Waals surface area contributed by atoms with Gasteiger partial charge in [-0.1, -0.05) is 0 Å². The van der Waals surface area contributed by atoms with Gasteiger partial charge in [-0.3, -0.25) is 0 Å². The van der Waals surface area contributed by atoms with E-state index >= 15 is 0 Å². The highest BCUT2D eigenvalue weighted by Crippen LogP contribution is 1.86. The SMILES string of the molecule is NCCN(CCNC(=O)O)C(=O)O. The van der Waals surface area contributed by atoms with E-state index in [1.807, 2.05) is 0 Å². The first-order valence-electron chi connectivity index (χ1n) is 3.72. The van der Waals surface area contributed by atoms with E-state index in [0.717, 1.165) is 4.90 Å². The minimum Gasteiger partial charge on any atom is -0.465 e. The Kier molecular flexibility index (Phi) is 5.37. The topological polar surface area (TPSA) is 116 Å². The third-order valence-corrected chi connectivity index (χ3v) is 1.33. The van der Waals surface area contributed by atoms with Crippen LogP contribution in [0.1, 0.15) is 0 Å². The van der Waals surface area contributed by atoms with Crippen molar-refractivity contribution in [3.05, 3.63) is 0 Å². The van der Waals surface area contributed by atoms with E-state index in [1.165, 1.54) is 0 Å². The van der Waals surface area contributed by atoms with E-state index in [0.29, 0.717) is 0 Å². The summed E-state index contributed by atoms with van der Waals surface area (Å²) in [5.74, 6) is 0. The fraction of sp³-hybridized carbons (Fsp3) is 0.667. The molecule has 0 radical (unpaired) electrons. The summed E-state index contributed by atoms with van der Waals surface area (Å²) in [6.45, 7) is 0.608. The van der Waals surface area contributed by atoms with Crippen LogP contribution >= 0.6 is 0 Å². The molecule has 0 heterocycles. The lowest BCUT2D eigenvalue weighted by molar-refractivity contribution is 0.145. The van der Waals surface area contributed by atoms with Crippen molar-refractivity contribution in [3.8, 4) is 0 Å². The minimum atomic E-state index is -1.17. The molecule has 0 aliphatic carbocycles. The van der Waals surface area contributed by atoms with Gasteiger partial charge in [0.1, 0.15) is 0 Å². The zero-order chi connectivity index (χ0) is 10.3. The van der Waals surface area contributed by atoms with Crippen molar-refractivity contribution in [3.63, 3.8) is 0 Å². The molecule has 0 aliphatic rings. The molecular formula is C6H13N3O4. The summed E-state index contributed by atoms with van der Waals surface area (Å²) in [5, 5.41) is 18.8. The third-order valence-electron chi connectivity index (χ3n) is 1.33. The summed E-state index contributed by atoms with van der Waals surface area (Å²) in [6, 6.07) is 0. The fourth-order valence-corrected chi connectivity index (χ4v) is 0.757. The highest BCUT2D eigenvalue weighted by atomic mass is 16.4. The molecule has 0 spiro atoms. The molecule has 5 N–H and O–H groups in total. The maximum atomic E-state index is 10.5. The second-order valence-electron chi connectivity index (χ2n) is 2.29. The molecular weight excluding hydrogens is 178 g/mol. The zero-order valence-corrected chi connectivity index (χ0v) is 7.06. The van der Waals surface area contributed by atoms with Crippen LogP contribution in [0.3, 0.4) is 0 Å². The van der Waals surface area contributed by atoms with Crippen molar-refractivity contribution in [1.82, 2.24) is 10.2 Å². The first-order valence-corrected chi connectivity index (χ1v) is 3.72. The summed E-state index contributed by atoms with van der Waals surface area (Å²) in [4.78, 5) is 21.5. The predicted molar refractivity (Wildman–Crippen MR) is 44.7 cm³/mol. The van der Waals surface area contributed by atoms with Gasteiger partial charge in [0.15, 0.2) is 0 Å².